The molecule has 0 N–H and O–H groups in total. The summed E-state index contributed by atoms with van der Waals surface area (Å²) in [7, 11) is 0. The van der Waals surface area contributed by atoms with E-state index in [0.717, 1.165) is 67.9 Å². The highest BCUT2D eigenvalue weighted by atomic mass is 15.2. The number of aromatic nitrogens is 6. The van der Waals surface area contributed by atoms with Crippen molar-refractivity contribution in [3.05, 3.63) is 234 Å². The molecule has 9 nitrogen and oxygen atoms in total. The number of rotatable bonds is 6. The van der Waals surface area contributed by atoms with Crippen LogP contribution in [0.4, 0.5) is 51.2 Å². The van der Waals surface area contributed by atoms with Crippen molar-refractivity contribution >= 4 is 51.2 Å². The Kier molecular flexibility index (Phi) is 9.67. The molecule has 72 heavy (non-hydrogen) atoms. The van der Waals surface area contributed by atoms with Gasteiger partial charge in [-0.25, -0.2) is 29.9 Å². The smallest absolute Gasteiger partial charge is 0.159 e. The van der Waals surface area contributed by atoms with Crippen molar-refractivity contribution in [2.24, 2.45) is 0 Å². The van der Waals surface area contributed by atoms with E-state index in [0.29, 0.717) is 17.5 Å². The molecule has 0 unspecified atom stereocenters. The normalized spacial score (nSPS) is 15.3. The van der Waals surface area contributed by atoms with Crippen LogP contribution < -0.4 is 14.7 Å². The molecule has 3 aliphatic rings. The maximum atomic E-state index is 5.09. The quantitative estimate of drug-likeness (QED) is 0.162. The van der Waals surface area contributed by atoms with Gasteiger partial charge < -0.3 is 14.7 Å². The molecule has 0 atom stereocenters. The zero-order chi connectivity index (χ0) is 48.9. The van der Waals surface area contributed by atoms with Crippen LogP contribution in [0.3, 0.4) is 0 Å². The zero-order valence-corrected chi connectivity index (χ0v) is 41.1. The minimum absolute atomic E-state index is 0.179. The van der Waals surface area contributed by atoms with E-state index in [1.54, 1.807) is 0 Å². The lowest BCUT2D eigenvalue weighted by Gasteiger charge is -2.41. The minimum Gasteiger partial charge on any atom is -0.307 e. The highest BCUT2D eigenvalue weighted by Gasteiger charge is 2.39. The molecule has 0 spiro atoms. The Labute approximate surface area is 420 Å². The second-order valence-corrected chi connectivity index (χ2v) is 20.6. The first kappa shape index (κ1) is 43.2. The molecule has 3 aromatic heterocycles. The summed E-state index contributed by atoms with van der Waals surface area (Å²) in [5.41, 5.74) is 18.6. The lowest BCUT2D eigenvalue weighted by atomic mass is 9.73. The van der Waals surface area contributed by atoms with E-state index >= 15 is 0 Å². The predicted molar refractivity (Wildman–Crippen MR) is 290 cm³/mol. The van der Waals surface area contributed by atoms with Crippen LogP contribution in [0.25, 0.3) is 34.2 Å². The first-order valence-electron chi connectivity index (χ1n) is 24.6. The van der Waals surface area contributed by atoms with Gasteiger partial charge in [0, 0.05) is 32.9 Å². The molecular weight excluding hydrogens is 883 g/mol. The number of hydrogen-bond donors (Lipinski definition) is 0. The van der Waals surface area contributed by atoms with Crippen molar-refractivity contribution in [1.29, 1.82) is 0 Å². The number of hydrogen-bond acceptors (Lipinski definition) is 9. The highest BCUT2D eigenvalue weighted by molar-refractivity contribution is 5.89. The van der Waals surface area contributed by atoms with Crippen LogP contribution in [0.5, 0.6) is 0 Å². The SMILES string of the molecule is CC1(C)c2ccccc2N(c2cnc(-c3cc(-c4ncc(N5c6ccccc6C(C)(C)c6ccccc65)cn4)cc(-c4ncc(N5c6ccccc6C(C)(C)c6ccccc65)cn4)c3)nc2)c2ccccc21. The van der Waals surface area contributed by atoms with E-state index in [1.165, 1.54) is 33.4 Å². The maximum absolute atomic E-state index is 5.09. The standard InChI is InChI=1S/C63H51N9/c1-61(2)46-19-7-13-25-52(46)70(53-26-14-8-20-47(53)61)43-34-64-58(65-35-43)40-31-41(59-66-36-44(37-67-59)71-54-27-15-9-21-48(54)62(3,4)49-22-10-16-28-55(49)71)33-42(32-40)60-68-38-45(39-69-60)72-56-29-17-11-23-50(56)63(5,6)51-24-12-18-30-57(51)72/h7-39H,1-6H3. The largest absolute Gasteiger partial charge is 0.307 e. The molecule has 0 aliphatic carbocycles. The number of fused-ring (bicyclic) bond motifs is 6. The number of para-hydroxylation sites is 6. The third-order valence-electron chi connectivity index (χ3n) is 15.3. The van der Waals surface area contributed by atoms with Crippen LogP contribution in [0, 0.1) is 0 Å². The van der Waals surface area contributed by atoms with Gasteiger partial charge in [-0.2, -0.15) is 0 Å². The molecule has 0 saturated heterocycles. The van der Waals surface area contributed by atoms with Crippen LogP contribution in [0.1, 0.15) is 74.9 Å². The van der Waals surface area contributed by atoms with Gasteiger partial charge in [-0.1, -0.05) is 151 Å². The molecule has 0 bridgehead atoms. The Morgan fingerprint density at radius 3 is 0.639 bits per heavy atom. The highest BCUT2D eigenvalue weighted by Crippen LogP contribution is 2.54. The van der Waals surface area contributed by atoms with Crippen molar-refractivity contribution < 1.29 is 0 Å². The van der Waals surface area contributed by atoms with Crippen molar-refractivity contribution in [3.8, 4) is 34.2 Å². The second-order valence-electron chi connectivity index (χ2n) is 20.6. The van der Waals surface area contributed by atoms with Crippen LogP contribution in [-0.4, -0.2) is 29.9 Å². The molecule has 0 fully saturated rings. The Bertz CT molecular complexity index is 3200. The van der Waals surface area contributed by atoms with Gasteiger partial charge in [0.1, 0.15) is 0 Å². The molecular formula is C63H51N9. The van der Waals surface area contributed by atoms with Gasteiger partial charge in [-0.05, 0) is 88.0 Å². The molecule has 0 saturated carbocycles. The van der Waals surface area contributed by atoms with Gasteiger partial charge in [0.15, 0.2) is 17.5 Å². The van der Waals surface area contributed by atoms with E-state index in [9.17, 15) is 0 Å². The topological polar surface area (TPSA) is 87.1 Å². The van der Waals surface area contributed by atoms with Gasteiger partial charge >= 0.3 is 0 Å². The van der Waals surface area contributed by atoms with E-state index in [4.69, 9.17) is 29.9 Å². The Hall–Kier alpha value is -8.82. The molecule has 3 aliphatic heterocycles. The Morgan fingerprint density at radius 1 is 0.264 bits per heavy atom. The lowest BCUT2D eigenvalue weighted by molar-refractivity contribution is 0.631. The fourth-order valence-electron chi connectivity index (χ4n) is 11.6. The van der Waals surface area contributed by atoms with E-state index in [2.05, 4.69) is 220 Å². The maximum Gasteiger partial charge on any atom is 0.159 e. The van der Waals surface area contributed by atoms with Crippen molar-refractivity contribution in [1.82, 2.24) is 29.9 Å². The van der Waals surface area contributed by atoms with E-state index < -0.39 is 0 Å². The monoisotopic (exact) mass is 933 g/mol. The summed E-state index contributed by atoms with van der Waals surface area (Å²) in [6.45, 7) is 13.7. The second kappa shape index (κ2) is 16.1. The summed E-state index contributed by atoms with van der Waals surface area (Å²) in [4.78, 5) is 37.3. The molecule has 7 aromatic carbocycles. The van der Waals surface area contributed by atoms with Crippen LogP contribution in [0.2, 0.25) is 0 Å². The molecule has 9 heteroatoms. The van der Waals surface area contributed by atoms with Gasteiger partial charge in [-0.15, -0.1) is 0 Å². The third-order valence-corrected chi connectivity index (χ3v) is 15.3. The van der Waals surface area contributed by atoms with Gasteiger partial charge in [0.05, 0.1) is 88.4 Å². The van der Waals surface area contributed by atoms with Crippen LogP contribution in [-0.2, 0) is 16.2 Å². The molecule has 348 valence electrons. The number of benzene rings is 7. The summed E-state index contributed by atoms with van der Waals surface area (Å²) in [6, 6.07) is 57.9. The average molecular weight is 934 g/mol. The Balaban J connectivity index is 0.912. The zero-order valence-electron chi connectivity index (χ0n) is 41.1. The molecule has 6 heterocycles. The van der Waals surface area contributed by atoms with Crippen molar-refractivity contribution in [3.63, 3.8) is 0 Å². The van der Waals surface area contributed by atoms with Gasteiger partial charge in [-0.3, -0.25) is 0 Å². The summed E-state index contributed by atoms with van der Waals surface area (Å²) >= 11 is 0. The number of nitrogens with zero attached hydrogens (tertiary/aromatic N) is 9. The molecule has 13 rings (SSSR count). The number of anilines is 9. The average Bonchev–Trinajstić information content (AvgIpc) is 3.42. The first-order chi connectivity index (χ1) is 35.0. The summed E-state index contributed by atoms with van der Waals surface area (Å²) in [5.74, 6) is 1.67. The minimum atomic E-state index is -0.179. The van der Waals surface area contributed by atoms with Crippen molar-refractivity contribution in [2.75, 3.05) is 14.7 Å². The van der Waals surface area contributed by atoms with Crippen LogP contribution in [0.15, 0.2) is 201 Å². The molecule has 0 amide bonds. The van der Waals surface area contributed by atoms with Crippen LogP contribution >= 0.6 is 0 Å². The van der Waals surface area contributed by atoms with Gasteiger partial charge in [0.2, 0.25) is 0 Å². The van der Waals surface area contributed by atoms with Gasteiger partial charge in [0.25, 0.3) is 0 Å². The third kappa shape index (κ3) is 6.60. The van der Waals surface area contributed by atoms with E-state index in [-0.39, 0.29) is 16.2 Å². The summed E-state index contributed by atoms with van der Waals surface area (Å²) in [6.07, 6.45) is 11.5. The Morgan fingerprint density at radius 2 is 0.444 bits per heavy atom. The molecule has 10 aromatic rings. The predicted octanol–water partition coefficient (Wildman–Crippen LogP) is 15.4. The molecule has 0 radical (unpaired) electrons. The van der Waals surface area contributed by atoms with Crippen molar-refractivity contribution in [2.45, 2.75) is 57.8 Å². The summed E-state index contributed by atoms with van der Waals surface area (Å²) in [5, 5.41) is 0. The lowest BCUT2D eigenvalue weighted by Crippen LogP contribution is -2.30. The first-order valence-corrected chi connectivity index (χ1v) is 24.6. The van der Waals surface area contributed by atoms with E-state index in [1.807, 2.05) is 37.2 Å². The fraction of sp³-hybridized carbons (Fsp3) is 0.143. The fourth-order valence-corrected chi connectivity index (χ4v) is 11.6. The summed E-state index contributed by atoms with van der Waals surface area (Å²) < 4.78 is 0.